The number of ether oxygens (including phenoxy) is 1. The Bertz CT molecular complexity index is 1230. The van der Waals surface area contributed by atoms with E-state index < -0.39 is 12.5 Å². The molecule has 1 aliphatic carbocycles. The van der Waals surface area contributed by atoms with Gasteiger partial charge in [0.1, 0.15) is 6.61 Å². The van der Waals surface area contributed by atoms with Crippen LogP contribution in [0.2, 0.25) is 0 Å². The van der Waals surface area contributed by atoms with Gasteiger partial charge in [0.25, 0.3) is 0 Å². The fraction of sp³-hybridized carbons (Fsp3) is 0.227. The van der Waals surface area contributed by atoms with Crippen molar-refractivity contribution in [2.45, 2.75) is 31.9 Å². The van der Waals surface area contributed by atoms with Gasteiger partial charge in [0.05, 0.1) is 22.1 Å². The van der Waals surface area contributed by atoms with Gasteiger partial charge in [0.2, 0.25) is 0 Å². The lowest BCUT2D eigenvalue weighted by Gasteiger charge is -2.11. The molecule has 146 valence electrons. The maximum Gasteiger partial charge on any atom is 0.339 e. The van der Waals surface area contributed by atoms with E-state index in [1.165, 1.54) is 0 Å². The largest absolute Gasteiger partial charge is 0.454 e. The number of aromatic nitrogens is 3. The van der Waals surface area contributed by atoms with Gasteiger partial charge >= 0.3 is 12.5 Å². The summed E-state index contributed by atoms with van der Waals surface area (Å²) in [6.07, 6.45) is 2.11. The van der Waals surface area contributed by atoms with Gasteiger partial charge in [-0.25, -0.2) is 9.78 Å². The lowest BCUT2D eigenvalue weighted by atomic mass is 10.1. The van der Waals surface area contributed by atoms with Crippen LogP contribution in [-0.4, -0.2) is 20.5 Å². The van der Waals surface area contributed by atoms with Crippen LogP contribution in [0.3, 0.4) is 0 Å². The second-order valence-electron chi connectivity index (χ2n) is 7.13. The highest BCUT2D eigenvalue weighted by molar-refractivity contribution is 6.03. The number of carbonyl (C=O) groups is 1. The Morgan fingerprint density at radius 3 is 2.55 bits per heavy atom. The molecule has 29 heavy (non-hydrogen) atoms. The minimum Gasteiger partial charge on any atom is -0.454 e. The monoisotopic (exact) mass is 393 g/mol. The molecule has 2 aromatic carbocycles. The average Bonchev–Trinajstić information content (AvgIpc) is 3.51. The Morgan fingerprint density at radius 1 is 1.07 bits per heavy atom. The number of hydrogen-bond acceptors (Lipinski definition) is 4. The summed E-state index contributed by atoms with van der Waals surface area (Å²) in [5.41, 5.74) is 2.74. The Kier molecular flexibility index (Phi) is 4.23. The summed E-state index contributed by atoms with van der Waals surface area (Å²) in [5.74, 6) is -0.192. The van der Waals surface area contributed by atoms with E-state index in [1.54, 1.807) is 30.3 Å². The molecule has 1 fully saturated rings. The second-order valence-corrected chi connectivity index (χ2v) is 7.13. The molecule has 5 rings (SSSR count). The van der Waals surface area contributed by atoms with Crippen molar-refractivity contribution in [2.24, 2.45) is 0 Å². The molecule has 0 unspecified atom stereocenters. The summed E-state index contributed by atoms with van der Waals surface area (Å²) in [6.45, 7) is -3.12. The van der Waals surface area contributed by atoms with Crippen LogP contribution in [0.4, 0.5) is 8.78 Å². The number of carbonyl (C=O) groups excluding carboxylic acids is 1. The van der Waals surface area contributed by atoms with Crippen molar-refractivity contribution < 1.29 is 18.3 Å². The van der Waals surface area contributed by atoms with Crippen molar-refractivity contribution in [3.05, 3.63) is 71.7 Å². The van der Waals surface area contributed by atoms with E-state index in [0.717, 1.165) is 28.6 Å². The molecular formula is C22H17F2N3O2. The van der Waals surface area contributed by atoms with Crippen LogP contribution in [0.5, 0.6) is 0 Å². The Morgan fingerprint density at radius 2 is 1.79 bits per heavy atom. The van der Waals surface area contributed by atoms with Gasteiger partial charge in [-0.1, -0.05) is 30.3 Å². The predicted octanol–water partition coefficient (Wildman–Crippen LogP) is 5.21. The normalized spacial score (nSPS) is 14.0. The zero-order valence-corrected chi connectivity index (χ0v) is 15.4. The standard InChI is InChI=1S/C22H17F2N3O2/c23-22(24)27-19-8-4-3-7-17(19)26-20(27)12-29-21(28)15-11-18(13-9-10-13)25-16-6-2-1-5-14(15)16/h1-8,11,13,22H,9-10,12H2. The van der Waals surface area contributed by atoms with E-state index in [1.807, 2.05) is 24.3 Å². The second kappa shape index (κ2) is 6.92. The smallest absolute Gasteiger partial charge is 0.339 e. The summed E-state index contributed by atoms with van der Waals surface area (Å²) in [6, 6.07) is 15.7. The van der Waals surface area contributed by atoms with E-state index in [0.29, 0.717) is 27.9 Å². The van der Waals surface area contributed by atoms with Crippen molar-refractivity contribution in [1.82, 2.24) is 14.5 Å². The number of benzene rings is 2. The fourth-order valence-corrected chi connectivity index (χ4v) is 3.57. The number of alkyl halides is 2. The highest BCUT2D eigenvalue weighted by Crippen LogP contribution is 2.40. The van der Waals surface area contributed by atoms with Crippen LogP contribution in [0.25, 0.3) is 21.9 Å². The third-order valence-electron chi connectivity index (χ3n) is 5.15. The van der Waals surface area contributed by atoms with Gasteiger partial charge in [0.15, 0.2) is 5.82 Å². The SMILES string of the molecule is O=C(OCc1nc2ccccc2n1C(F)F)c1cc(C2CC2)nc2ccccc12. The molecule has 0 amide bonds. The number of hydrogen-bond donors (Lipinski definition) is 0. The Hall–Kier alpha value is -3.35. The van der Waals surface area contributed by atoms with Crippen LogP contribution in [-0.2, 0) is 11.3 Å². The molecule has 4 aromatic rings. The molecule has 1 saturated carbocycles. The van der Waals surface area contributed by atoms with Gasteiger partial charge in [-0.05, 0) is 37.1 Å². The number of halogens is 2. The van der Waals surface area contributed by atoms with Crippen LogP contribution in [0.1, 0.15) is 47.2 Å². The highest BCUT2D eigenvalue weighted by Gasteiger charge is 2.27. The quantitative estimate of drug-likeness (QED) is 0.437. The zero-order valence-electron chi connectivity index (χ0n) is 15.4. The van der Waals surface area contributed by atoms with Gasteiger partial charge < -0.3 is 4.74 Å². The summed E-state index contributed by atoms with van der Waals surface area (Å²) in [7, 11) is 0. The molecule has 7 heteroatoms. The number of esters is 1. The molecular weight excluding hydrogens is 376 g/mol. The molecule has 1 aliphatic rings. The molecule has 0 N–H and O–H groups in total. The Labute approximate surface area is 165 Å². The maximum absolute atomic E-state index is 13.6. The van der Waals surface area contributed by atoms with Crippen molar-refractivity contribution in [1.29, 1.82) is 0 Å². The number of imidazole rings is 1. The van der Waals surface area contributed by atoms with Crippen LogP contribution >= 0.6 is 0 Å². The summed E-state index contributed by atoms with van der Waals surface area (Å²) in [5, 5.41) is 0.685. The van der Waals surface area contributed by atoms with Crippen molar-refractivity contribution in [2.75, 3.05) is 0 Å². The third-order valence-corrected chi connectivity index (χ3v) is 5.15. The highest BCUT2D eigenvalue weighted by atomic mass is 19.3. The van der Waals surface area contributed by atoms with Crippen molar-refractivity contribution in [3.8, 4) is 0 Å². The molecule has 2 heterocycles. The van der Waals surface area contributed by atoms with E-state index >= 15 is 0 Å². The molecule has 0 saturated heterocycles. The third kappa shape index (κ3) is 3.22. The van der Waals surface area contributed by atoms with E-state index in [-0.39, 0.29) is 12.4 Å². The van der Waals surface area contributed by atoms with Gasteiger partial charge in [-0.2, -0.15) is 8.78 Å². The first-order chi connectivity index (χ1) is 14.1. The first kappa shape index (κ1) is 17.7. The fourth-order valence-electron chi connectivity index (χ4n) is 3.57. The van der Waals surface area contributed by atoms with Crippen LogP contribution in [0.15, 0.2) is 54.6 Å². The number of fused-ring (bicyclic) bond motifs is 2. The van der Waals surface area contributed by atoms with Gasteiger partial charge in [-0.3, -0.25) is 9.55 Å². The molecule has 5 nitrogen and oxygen atoms in total. The molecule has 0 radical (unpaired) electrons. The van der Waals surface area contributed by atoms with Crippen LogP contribution in [0, 0.1) is 0 Å². The number of para-hydroxylation sites is 3. The van der Waals surface area contributed by atoms with E-state index in [2.05, 4.69) is 9.97 Å². The number of pyridine rings is 1. The molecule has 0 atom stereocenters. The molecule has 2 aromatic heterocycles. The minimum atomic E-state index is -2.78. The summed E-state index contributed by atoms with van der Waals surface area (Å²) >= 11 is 0. The molecule has 0 aliphatic heterocycles. The van der Waals surface area contributed by atoms with Gasteiger partial charge in [-0.15, -0.1) is 0 Å². The first-order valence-corrected chi connectivity index (χ1v) is 9.42. The number of rotatable bonds is 5. The lowest BCUT2D eigenvalue weighted by Crippen LogP contribution is -2.11. The molecule has 0 spiro atoms. The summed E-state index contributed by atoms with van der Waals surface area (Å²) in [4.78, 5) is 21.7. The van der Waals surface area contributed by atoms with Crippen molar-refractivity contribution in [3.63, 3.8) is 0 Å². The topological polar surface area (TPSA) is 57.0 Å². The van der Waals surface area contributed by atoms with Crippen LogP contribution < -0.4 is 0 Å². The van der Waals surface area contributed by atoms with Crippen molar-refractivity contribution >= 4 is 27.9 Å². The average molecular weight is 393 g/mol. The molecule has 0 bridgehead atoms. The predicted molar refractivity (Wildman–Crippen MR) is 104 cm³/mol. The first-order valence-electron chi connectivity index (χ1n) is 9.42. The maximum atomic E-state index is 13.6. The lowest BCUT2D eigenvalue weighted by molar-refractivity contribution is 0.0389. The van der Waals surface area contributed by atoms with E-state index in [4.69, 9.17) is 4.74 Å². The zero-order chi connectivity index (χ0) is 20.0. The van der Waals surface area contributed by atoms with Gasteiger partial charge in [0, 0.05) is 17.0 Å². The van der Waals surface area contributed by atoms with E-state index in [9.17, 15) is 13.6 Å². The minimum absolute atomic E-state index is 0.00956. The number of nitrogens with zero attached hydrogens (tertiary/aromatic N) is 3. The Balaban J connectivity index is 1.47. The summed E-state index contributed by atoms with van der Waals surface area (Å²) < 4.78 is 33.3.